The normalized spacial score (nSPS) is 10.6. The van der Waals surface area contributed by atoms with Gasteiger partial charge in [-0.2, -0.15) is 0 Å². The summed E-state index contributed by atoms with van der Waals surface area (Å²) in [5.74, 6) is 1.69. The third-order valence-corrected chi connectivity index (χ3v) is 4.03. The van der Waals surface area contributed by atoms with Gasteiger partial charge in [-0.05, 0) is 46.7 Å². The fourth-order valence-electron chi connectivity index (χ4n) is 1.90. The minimum atomic E-state index is 0.491. The Labute approximate surface area is 138 Å². The van der Waals surface area contributed by atoms with Crippen molar-refractivity contribution in [2.75, 3.05) is 19.0 Å². The Morgan fingerprint density at radius 3 is 2.67 bits per heavy atom. The van der Waals surface area contributed by atoms with Gasteiger partial charge in [-0.15, -0.1) is 0 Å². The van der Waals surface area contributed by atoms with Crippen molar-refractivity contribution in [3.8, 4) is 0 Å². The number of anilines is 1. The van der Waals surface area contributed by atoms with Crippen LogP contribution in [0.3, 0.4) is 0 Å². The second-order valence-corrected chi connectivity index (χ2v) is 5.72. The SMILES string of the molecule is CCCNc1nc(Cc2ccncc2)nc(COC)c1I. The summed E-state index contributed by atoms with van der Waals surface area (Å²) in [5.41, 5.74) is 2.08. The maximum atomic E-state index is 5.24. The second kappa shape index (κ2) is 8.23. The molecular formula is C15H19IN4O. The molecule has 0 fully saturated rings. The van der Waals surface area contributed by atoms with Gasteiger partial charge < -0.3 is 10.1 Å². The van der Waals surface area contributed by atoms with Crippen LogP contribution >= 0.6 is 22.6 Å². The van der Waals surface area contributed by atoms with Crippen molar-refractivity contribution in [3.05, 3.63) is 45.2 Å². The van der Waals surface area contributed by atoms with Crippen LogP contribution in [-0.2, 0) is 17.8 Å². The van der Waals surface area contributed by atoms with E-state index in [0.717, 1.165) is 39.4 Å². The van der Waals surface area contributed by atoms with Crippen molar-refractivity contribution in [3.63, 3.8) is 0 Å². The van der Waals surface area contributed by atoms with Gasteiger partial charge >= 0.3 is 0 Å². The highest BCUT2D eigenvalue weighted by molar-refractivity contribution is 14.1. The molecule has 21 heavy (non-hydrogen) atoms. The maximum absolute atomic E-state index is 5.24. The number of rotatable bonds is 7. The molecule has 0 aliphatic heterocycles. The van der Waals surface area contributed by atoms with E-state index < -0.39 is 0 Å². The van der Waals surface area contributed by atoms with E-state index in [1.54, 1.807) is 19.5 Å². The molecular weight excluding hydrogens is 379 g/mol. The van der Waals surface area contributed by atoms with E-state index in [-0.39, 0.29) is 0 Å². The summed E-state index contributed by atoms with van der Waals surface area (Å²) >= 11 is 2.27. The van der Waals surface area contributed by atoms with Gasteiger partial charge in [0.1, 0.15) is 11.6 Å². The molecule has 0 spiro atoms. The lowest BCUT2D eigenvalue weighted by Gasteiger charge is -2.12. The van der Waals surface area contributed by atoms with Gasteiger partial charge in [0.25, 0.3) is 0 Å². The molecule has 0 unspecified atom stereocenters. The topological polar surface area (TPSA) is 59.9 Å². The van der Waals surface area contributed by atoms with Crippen LogP contribution in [0.2, 0.25) is 0 Å². The number of nitrogens with zero attached hydrogens (tertiary/aromatic N) is 3. The Bertz CT molecular complexity index is 577. The Morgan fingerprint density at radius 1 is 1.24 bits per heavy atom. The molecule has 0 aliphatic carbocycles. The molecule has 0 radical (unpaired) electrons. The van der Waals surface area contributed by atoms with E-state index in [0.29, 0.717) is 13.0 Å². The third-order valence-electron chi connectivity index (χ3n) is 2.90. The van der Waals surface area contributed by atoms with Crippen molar-refractivity contribution in [2.24, 2.45) is 0 Å². The number of halogens is 1. The minimum Gasteiger partial charge on any atom is -0.378 e. The van der Waals surface area contributed by atoms with Crippen LogP contribution in [-0.4, -0.2) is 28.6 Å². The highest BCUT2D eigenvalue weighted by atomic mass is 127. The molecule has 0 aliphatic rings. The Kier molecular flexibility index (Phi) is 6.31. The van der Waals surface area contributed by atoms with E-state index in [1.165, 1.54) is 0 Å². The van der Waals surface area contributed by atoms with Crippen LogP contribution in [0, 0.1) is 3.57 Å². The van der Waals surface area contributed by atoms with Gasteiger partial charge in [0.05, 0.1) is 15.9 Å². The highest BCUT2D eigenvalue weighted by Crippen LogP contribution is 2.21. The van der Waals surface area contributed by atoms with Gasteiger partial charge in [-0.3, -0.25) is 4.98 Å². The zero-order valence-corrected chi connectivity index (χ0v) is 14.4. The predicted octanol–water partition coefficient (Wildman–Crippen LogP) is 3.04. The highest BCUT2D eigenvalue weighted by Gasteiger charge is 2.12. The van der Waals surface area contributed by atoms with Crippen LogP contribution in [0.15, 0.2) is 24.5 Å². The van der Waals surface area contributed by atoms with Crippen LogP contribution < -0.4 is 5.32 Å². The fourth-order valence-corrected chi connectivity index (χ4v) is 2.49. The Morgan fingerprint density at radius 2 is 2.00 bits per heavy atom. The van der Waals surface area contributed by atoms with Crippen LogP contribution in [0.4, 0.5) is 5.82 Å². The lowest BCUT2D eigenvalue weighted by molar-refractivity contribution is 0.180. The zero-order chi connectivity index (χ0) is 15.1. The molecule has 0 aromatic carbocycles. The average molecular weight is 398 g/mol. The number of aromatic nitrogens is 3. The van der Waals surface area contributed by atoms with Crippen molar-refractivity contribution in [1.82, 2.24) is 15.0 Å². The molecule has 112 valence electrons. The first-order valence-corrected chi connectivity index (χ1v) is 7.99. The monoisotopic (exact) mass is 398 g/mol. The summed E-state index contributed by atoms with van der Waals surface area (Å²) < 4.78 is 6.27. The molecule has 2 aromatic heterocycles. The molecule has 0 saturated carbocycles. The number of ether oxygens (including phenoxy) is 1. The minimum absolute atomic E-state index is 0.491. The van der Waals surface area contributed by atoms with Crippen LogP contribution in [0.5, 0.6) is 0 Å². The van der Waals surface area contributed by atoms with E-state index in [9.17, 15) is 0 Å². The van der Waals surface area contributed by atoms with Crippen molar-refractivity contribution >= 4 is 28.4 Å². The Balaban J connectivity index is 2.29. The Hall–Kier alpha value is -1.28. The number of pyridine rings is 1. The van der Waals surface area contributed by atoms with Gasteiger partial charge in [-0.1, -0.05) is 6.92 Å². The maximum Gasteiger partial charge on any atom is 0.143 e. The van der Waals surface area contributed by atoms with Crippen molar-refractivity contribution < 1.29 is 4.74 Å². The van der Waals surface area contributed by atoms with Crippen molar-refractivity contribution in [1.29, 1.82) is 0 Å². The summed E-state index contributed by atoms with van der Waals surface area (Å²) in [6.07, 6.45) is 5.32. The number of hydrogen-bond acceptors (Lipinski definition) is 5. The quantitative estimate of drug-likeness (QED) is 0.727. The largest absolute Gasteiger partial charge is 0.378 e. The number of methoxy groups -OCH3 is 1. The molecule has 6 heteroatoms. The molecule has 0 bridgehead atoms. The molecule has 2 aromatic rings. The van der Waals surface area contributed by atoms with Gasteiger partial charge in [0.2, 0.25) is 0 Å². The summed E-state index contributed by atoms with van der Waals surface area (Å²) in [6, 6.07) is 3.97. The molecule has 0 saturated heterocycles. The lowest BCUT2D eigenvalue weighted by Crippen LogP contribution is -2.11. The molecule has 2 heterocycles. The summed E-state index contributed by atoms with van der Waals surface area (Å²) in [4.78, 5) is 13.3. The van der Waals surface area contributed by atoms with E-state index in [1.807, 2.05) is 12.1 Å². The van der Waals surface area contributed by atoms with Crippen LogP contribution in [0.25, 0.3) is 0 Å². The van der Waals surface area contributed by atoms with E-state index in [4.69, 9.17) is 4.74 Å². The van der Waals surface area contributed by atoms with Gasteiger partial charge in [-0.25, -0.2) is 9.97 Å². The summed E-state index contributed by atoms with van der Waals surface area (Å²) in [5, 5.41) is 3.36. The van der Waals surface area contributed by atoms with Crippen molar-refractivity contribution in [2.45, 2.75) is 26.4 Å². The van der Waals surface area contributed by atoms with E-state index in [2.05, 4.69) is 49.8 Å². The molecule has 0 amide bonds. The van der Waals surface area contributed by atoms with Gasteiger partial charge in [0.15, 0.2) is 0 Å². The fraction of sp³-hybridized carbons (Fsp3) is 0.400. The molecule has 0 atom stereocenters. The zero-order valence-electron chi connectivity index (χ0n) is 12.3. The first-order valence-electron chi connectivity index (χ1n) is 6.91. The van der Waals surface area contributed by atoms with Crippen LogP contribution in [0.1, 0.15) is 30.4 Å². The second-order valence-electron chi connectivity index (χ2n) is 4.64. The number of nitrogens with one attached hydrogen (secondary N) is 1. The standard InChI is InChI=1S/C15H19IN4O/c1-3-6-18-15-14(16)12(10-21-2)19-13(20-15)9-11-4-7-17-8-5-11/h4-5,7-8H,3,6,9-10H2,1-2H3,(H,18,19,20). The third kappa shape index (κ3) is 4.60. The summed E-state index contributed by atoms with van der Waals surface area (Å²) in [7, 11) is 1.68. The molecule has 1 N–H and O–H groups in total. The molecule has 5 nitrogen and oxygen atoms in total. The lowest BCUT2D eigenvalue weighted by atomic mass is 10.2. The van der Waals surface area contributed by atoms with Gasteiger partial charge in [0, 0.05) is 32.5 Å². The summed E-state index contributed by atoms with van der Waals surface area (Å²) in [6.45, 7) is 3.52. The van der Waals surface area contributed by atoms with E-state index >= 15 is 0 Å². The predicted molar refractivity (Wildman–Crippen MR) is 91.3 cm³/mol. The number of hydrogen-bond donors (Lipinski definition) is 1. The first kappa shape index (κ1) is 16.1. The molecule has 2 rings (SSSR count). The first-order chi connectivity index (χ1) is 10.2. The average Bonchev–Trinajstić information content (AvgIpc) is 2.50. The smallest absolute Gasteiger partial charge is 0.143 e.